The van der Waals surface area contributed by atoms with Crippen LogP contribution >= 0.6 is 0 Å². The van der Waals surface area contributed by atoms with Gasteiger partial charge in [0.1, 0.15) is 6.04 Å². The molecule has 2 heterocycles. The number of carbonyl (C=O) groups excluding carboxylic acids is 1. The fourth-order valence-electron chi connectivity index (χ4n) is 3.81. The third kappa shape index (κ3) is 3.88. The van der Waals surface area contributed by atoms with E-state index in [9.17, 15) is 4.79 Å². The third-order valence-electron chi connectivity index (χ3n) is 5.19. The molecule has 0 radical (unpaired) electrons. The fraction of sp³-hybridized carbons (Fsp3) is 0.450. The topological polar surface area (TPSA) is 38.5 Å². The van der Waals surface area contributed by atoms with Gasteiger partial charge in [0.05, 0.1) is 12.2 Å². The fourth-order valence-corrected chi connectivity index (χ4v) is 3.81. The maximum atomic E-state index is 12.3. The van der Waals surface area contributed by atoms with Gasteiger partial charge in [0.15, 0.2) is 6.54 Å². The zero-order chi connectivity index (χ0) is 16.9. The summed E-state index contributed by atoms with van der Waals surface area (Å²) in [6.07, 6.45) is 5.36. The maximum absolute atomic E-state index is 12.3. The molecule has 3 rings (SSSR count). The van der Waals surface area contributed by atoms with E-state index in [0.717, 1.165) is 13.0 Å². The van der Waals surface area contributed by atoms with Gasteiger partial charge in [-0.15, -0.1) is 0 Å². The highest BCUT2D eigenvalue weighted by Gasteiger charge is 2.32. The first-order valence-electron chi connectivity index (χ1n) is 8.92. The Kier molecular flexibility index (Phi) is 5.36. The number of amides is 1. The molecule has 0 saturated carbocycles. The quantitative estimate of drug-likeness (QED) is 0.828. The molecule has 2 atom stereocenters. The Balaban J connectivity index is 1.49. The lowest BCUT2D eigenvalue weighted by molar-refractivity contribution is -0.911. The van der Waals surface area contributed by atoms with Crippen molar-refractivity contribution in [2.24, 2.45) is 7.05 Å². The summed E-state index contributed by atoms with van der Waals surface area (Å²) in [5, 5.41) is 3.10. The largest absolute Gasteiger partial charge is 0.351 e. The van der Waals surface area contributed by atoms with Crippen LogP contribution in [0.4, 0.5) is 0 Å². The van der Waals surface area contributed by atoms with Crippen molar-refractivity contribution in [2.75, 3.05) is 19.6 Å². The van der Waals surface area contributed by atoms with Gasteiger partial charge in [-0.2, -0.15) is 0 Å². The van der Waals surface area contributed by atoms with Gasteiger partial charge >= 0.3 is 0 Å². The Morgan fingerprint density at radius 2 is 2.12 bits per heavy atom. The normalized spacial score (nSPS) is 20.2. The molecule has 1 aliphatic heterocycles. The summed E-state index contributed by atoms with van der Waals surface area (Å²) in [6.45, 7) is 4.49. The standard InChI is InChI=1S/C20H27N3O/c1-16-7-3-4-8-17(16)11-12-21-20(24)15-23-14-6-10-19(23)18-9-5-13-22(18)2/h3-5,7-9,13,19H,6,10-12,14-15H2,1-2H3,(H,21,24)/p+1/t19-/m0/s1. The van der Waals surface area contributed by atoms with Crippen LogP contribution in [0.5, 0.6) is 0 Å². The van der Waals surface area contributed by atoms with Crippen molar-refractivity contribution in [3.8, 4) is 0 Å². The highest BCUT2D eigenvalue weighted by Crippen LogP contribution is 2.18. The second-order valence-corrected chi connectivity index (χ2v) is 6.85. The number of rotatable bonds is 6. The zero-order valence-electron chi connectivity index (χ0n) is 14.7. The molecule has 4 heteroatoms. The predicted octanol–water partition coefficient (Wildman–Crippen LogP) is 1.41. The Bertz CT molecular complexity index is 692. The molecule has 128 valence electrons. The van der Waals surface area contributed by atoms with Crippen LogP contribution in [0, 0.1) is 6.92 Å². The molecule has 0 bridgehead atoms. The number of hydrogen-bond donors (Lipinski definition) is 2. The number of likely N-dealkylation sites (tertiary alicyclic amines) is 1. The molecule has 1 aliphatic rings. The predicted molar refractivity (Wildman–Crippen MR) is 96.0 cm³/mol. The minimum absolute atomic E-state index is 0.166. The van der Waals surface area contributed by atoms with Crippen molar-refractivity contribution in [1.82, 2.24) is 9.88 Å². The number of aromatic nitrogens is 1. The number of quaternary nitrogens is 1. The van der Waals surface area contributed by atoms with E-state index in [1.54, 1.807) is 0 Å². The average Bonchev–Trinajstić information content (AvgIpc) is 3.17. The lowest BCUT2D eigenvalue weighted by atomic mass is 10.1. The Hall–Kier alpha value is -2.07. The maximum Gasteiger partial charge on any atom is 0.275 e. The molecule has 0 aliphatic carbocycles. The van der Waals surface area contributed by atoms with Crippen LogP contribution in [-0.4, -0.2) is 30.1 Å². The van der Waals surface area contributed by atoms with E-state index >= 15 is 0 Å². The average molecular weight is 326 g/mol. The molecule has 1 amide bonds. The molecule has 1 fully saturated rings. The molecular formula is C20H28N3O+. The zero-order valence-corrected chi connectivity index (χ0v) is 14.7. The van der Waals surface area contributed by atoms with Gasteiger partial charge in [0.2, 0.25) is 0 Å². The van der Waals surface area contributed by atoms with Crippen LogP contribution in [0.3, 0.4) is 0 Å². The number of aryl methyl sites for hydroxylation is 2. The lowest BCUT2D eigenvalue weighted by Gasteiger charge is -2.21. The molecule has 4 nitrogen and oxygen atoms in total. The van der Waals surface area contributed by atoms with Crippen LogP contribution < -0.4 is 10.2 Å². The van der Waals surface area contributed by atoms with Crippen LogP contribution in [0.25, 0.3) is 0 Å². The van der Waals surface area contributed by atoms with Gasteiger partial charge in [-0.3, -0.25) is 4.79 Å². The minimum atomic E-state index is 0.166. The SMILES string of the molecule is Cc1ccccc1CCNC(=O)C[NH+]1CCC[C@H]1c1cccn1C. The number of hydrogen-bond acceptors (Lipinski definition) is 1. The van der Waals surface area contributed by atoms with Gasteiger partial charge in [-0.1, -0.05) is 24.3 Å². The van der Waals surface area contributed by atoms with E-state index in [2.05, 4.69) is 66.5 Å². The van der Waals surface area contributed by atoms with Crippen LogP contribution in [0.2, 0.25) is 0 Å². The first-order chi connectivity index (χ1) is 11.6. The Morgan fingerprint density at radius 1 is 1.29 bits per heavy atom. The summed E-state index contributed by atoms with van der Waals surface area (Å²) in [4.78, 5) is 13.7. The van der Waals surface area contributed by atoms with E-state index in [1.807, 2.05) is 0 Å². The number of carbonyl (C=O) groups is 1. The van der Waals surface area contributed by atoms with Crippen molar-refractivity contribution in [3.63, 3.8) is 0 Å². The van der Waals surface area contributed by atoms with Gasteiger partial charge in [-0.05, 0) is 36.6 Å². The van der Waals surface area contributed by atoms with Gasteiger partial charge in [0.25, 0.3) is 5.91 Å². The van der Waals surface area contributed by atoms with Crippen molar-refractivity contribution in [1.29, 1.82) is 0 Å². The summed E-state index contributed by atoms with van der Waals surface area (Å²) in [5.41, 5.74) is 3.95. The first kappa shape index (κ1) is 16.8. The monoisotopic (exact) mass is 326 g/mol. The highest BCUT2D eigenvalue weighted by atomic mass is 16.2. The summed E-state index contributed by atoms with van der Waals surface area (Å²) < 4.78 is 2.19. The van der Waals surface area contributed by atoms with E-state index in [1.165, 1.54) is 34.6 Å². The lowest BCUT2D eigenvalue weighted by Crippen LogP contribution is -3.11. The van der Waals surface area contributed by atoms with Crippen molar-refractivity contribution in [3.05, 3.63) is 59.4 Å². The summed E-state index contributed by atoms with van der Waals surface area (Å²) >= 11 is 0. The molecule has 1 aromatic heterocycles. The smallest absolute Gasteiger partial charge is 0.275 e. The number of nitrogens with one attached hydrogen (secondary N) is 2. The molecular weight excluding hydrogens is 298 g/mol. The molecule has 2 N–H and O–H groups in total. The van der Waals surface area contributed by atoms with Gasteiger partial charge in [0, 0.05) is 32.6 Å². The van der Waals surface area contributed by atoms with Crippen LogP contribution in [0.15, 0.2) is 42.6 Å². The van der Waals surface area contributed by atoms with Crippen LogP contribution in [-0.2, 0) is 18.3 Å². The Labute approximate surface area is 144 Å². The molecule has 1 aromatic carbocycles. The summed E-state index contributed by atoms with van der Waals surface area (Å²) in [5.74, 6) is 0.166. The minimum Gasteiger partial charge on any atom is -0.351 e. The third-order valence-corrected chi connectivity index (χ3v) is 5.19. The highest BCUT2D eigenvalue weighted by molar-refractivity contribution is 5.76. The molecule has 2 aromatic rings. The summed E-state index contributed by atoms with van der Waals surface area (Å²) in [6, 6.07) is 13.1. The van der Waals surface area contributed by atoms with Gasteiger partial charge < -0.3 is 14.8 Å². The second kappa shape index (κ2) is 7.67. The number of benzene rings is 1. The first-order valence-corrected chi connectivity index (χ1v) is 8.92. The molecule has 1 saturated heterocycles. The van der Waals surface area contributed by atoms with E-state index < -0.39 is 0 Å². The number of nitrogens with zero attached hydrogens (tertiary/aromatic N) is 1. The van der Waals surface area contributed by atoms with Gasteiger partial charge in [-0.25, -0.2) is 0 Å². The summed E-state index contributed by atoms with van der Waals surface area (Å²) in [7, 11) is 2.09. The van der Waals surface area contributed by atoms with E-state index in [0.29, 0.717) is 19.1 Å². The molecule has 24 heavy (non-hydrogen) atoms. The van der Waals surface area contributed by atoms with Crippen LogP contribution in [0.1, 0.15) is 35.7 Å². The second-order valence-electron chi connectivity index (χ2n) is 6.85. The van der Waals surface area contributed by atoms with Crippen molar-refractivity contribution >= 4 is 5.91 Å². The van der Waals surface area contributed by atoms with E-state index in [-0.39, 0.29) is 5.91 Å². The molecule has 0 spiro atoms. The van der Waals surface area contributed by atoms with E-state index in [4.69, 9.17) is 0 Å². The van der Waals surface area contributed by atoms with Crippen molar-refractivity contribution < 1.29 is 9.69 Å². The Morgan fingerprint density at radius 3 is 2.88 bits per heavy atom. The molecule has 1 unspecified atom stereocenters. The van der Waals surface area contributed by atoms with Crippen molar-refractivity contribution in [2.45, 2.75) is 32.2 Å².